The molecule has 0 bridgehead atoms. The Labute approximate surface area is 141 Å². The summed E-state index contributed by atoms with van der Waals surface area (Å²) in [5, 5.41) is 0. The zero-order chi connectivity index (χ0) is 16.5. The summed E-state index contributed by atoms with van der Waals surface area (Å²) < 4.78 is 25.0. The van der Waals surface area contributed by atoms with E-state index >= 15 is 0 Å². The molecule has 2 aliphatic rings. The zero-order valence-electron chi connectivity index (χ0n) is 14.0. The van der Waals surface area contributed by atoms with Gasteiger partial charge in [-0.1, -0.05) is 6.07 Å². The Hall–Kier alpha value is -1.85. The topological polar surface area (TPSA) is 28.9 Å². The second-order valence-corrected chi connectivity index (χ2v) is 6.83. The molecule has 2 atom stereocenters. The number of fused-ring (bicyclic) bond motifs is 1. The third-order valence-electron chi connectivity index (χ3n) is 4.94. The first-order chi connectivity index (χ1) is 11.7. The second kappa shape index (κ2) is 6.57. The van der Waals surface area contributed by atoms with Crippen molar-refractivity contribution in [2.24, 2.45) is 0 Å². The molecule has 0 aliphatic carbocycles. The average Bonchev–Trinajstić information content (AvgIpc) is 3.12. The number of piperazine rings is 1. The van der Waals surface area contributed by atoms with Gasteiger partial charge in [-0.2, -0.15) is 0 Å². The van der Waals surface area contributed by atoms with Gasteiger partial charge in [-0.3, -0.25) is 9.80 Å². The van der Waals surface area contributed by atoms with E-state index in [1.807, 2.05) is 19.1 Å². The molecule has 2 saturated heterocycles. The highest BCUT2D eigenvalue weighted by molar-refractivity contribution is 5.23. The van der Waals surface area contributed by atoms with Crippen molar-refractivity contribution in [1.29, 1.82) is 0 Å². The lowest BCUT2D eigenvalue weighted by Crippen LogP contribution is -2.49. The molecule has 4 rings (SSSR count). The van der Waals surface area contributed by atoms with Crippen molar-refractivity contribution in [3.63, 3.8) is 0 Å². The highest BCUT2D eigenvalue weighted by Crippen LogP contribution is 2.27. The van der Waals surface area contributed by atoms with Crippen molar-refractivity contribution in [2.45, 2.75) is 32.0 Å². The van der Waals surface area contributed by atoms with Gasteiger partial charge in [0.15, 0.2) is 0 Å². The molecule has 1 aromatic carbocycles. The van der Waals surface area contributed by atoms with Gasteiger partial charge in [0, 0.05) is 44.7 Å². The van der Waals surface area contributed by atoms with Crippen LogP contribution in [0.3, 0.4) is 0 Å². The van der Waals surface area contributed by atoms with Gasteiger partial charge in [-0.05, 0) is 31.2 Å². The quantitative estimate of drug-likeness (QED) is 0.861. The summed E-state index contributed by atoms with van der Waals surface area (Å²) >= 11 is 0. The Balaban J connectivity index is 1.33. The highest BCUT2D eigenvalue weighted by Gasteiger charge is 2.37. The van der Waals surface area contributed by atoms with Gasteiger partial charge >= 0.3 is 0 Å². The molecule has 0 saturated carbocycles. The van der Waals surface area contributed by atoms with Gasteiger partial charge in [0.1, 0.15) is 29.2 Å². The van der Waals surface area contributed by atoms with Gasteiger partial charge in [0.25, 0.3) is 0 Å². The molecule has 0 unspecified atom stereocenters. The van der Waals surface area contributed by atoms with Gasteiger partial charge < -0.3 is 9.15 Å². The van der Waals surface area contributed by atoms with E-state index in [0.29, 0.717) is 11.8 Å². The largest absolute Gasteiger partial charge is 0.489 e. The summed E-state index contributed by atoms with van der Waals surface area (Å²) in [6.07, 6.45) is 1.13. The van der Waals surface area contributed by atoms with Gasteiger partial charge in [-0.25, -0.2) is 4.39 Å². The number of rotatable bonds is 4. The third-order valence-corrected chi connectivity index (χ3v) is 4.94. The molecule has 2 aromatic rings. The van der Waals surface area contributed by atoms with E-state index in [1.54, 1.807) is 6.07 Å². The van der Waals surface area contributed by atoms with Crippen LogP contribution < -0.4 is 4.74 Å². The minimum Gasteiger partial charge on any atom is -0.489 e. The molecular formula is C19H23FN2O2. The number of furan rings is 1. The third kappa shape index (κ3) is 3.47. The van der Waals surface area contributed by atoms with Crippen molar-refractivity contribution in [2.75, 3.05) is 26.2 Å². The van der Waals surface area contributed by atoms with Crippen molar-refractivity contribution in [1.82, 2.24) is 9.80 Å². The van der Waals surface area contributed by atoms with E-state index in [1.165, 1.54) is 12.1 Å². The number of ether oxygens (including phenoxy) is 1. The second-order valence-electron chi connectivity index (χ2n) is 6.83. The van der Waals surface area contributed by atoms with Crippen LogP contribution in [0.15, 0.2) is 40.8 Å². The summed E-state index contributed by atoms with van der Waals surface area (Å²) in [6.45, 7) is 6.90. The van der Waals surface area contributed by atoms with E-state index in [2.05, 4.69) is 15.9 Å². The maximum absolute atomic E-state index is 13.3. The van der Waals surface area contributed by atoms with Crippen LogP contribution in [0.2, 0.25) is 0 Å². The maximum Gasteiger partial charge on any atom is 0.126 e. The fraction of sp³-hybridized carbons (Fsp3) is 0.474. The van der Waals surface area contributed by atoms with E-state index < -0.39 is 0 Å². The molecule has 1 aromatic heterocycles. The Morgan fingerprint density at radius 2 is 2.12 bits per heavy atom. The number of halogens is 1. The first kappa shape index (κ1) is 15.7. The molecule has 128 valence electrons. The number of hydrogen-bond donors (Lipinski definition) is 0. The minimum absolute atomic E-state index is 0.141. The summed E-state index contributed by atoms with van der Waals surface area (Å²) in [5.41, 5.74) is 0. The predicted molar refractivity (Wildman–Crippen MR) is 89.5 cm³/mol. The standard InChI is InChI=1S/C19H23FN2O2/c1-14-5-6-18(23-14)12-21-7-8-22-13-19(10-16(22)11-21)24-17-4-2-3-15(20)9-17/h2-6,9,16,19H,7-8,10-13H2,1H3/t16-,19-/m1/s1. The van der Waals surface area contributed by atoms with Crippen LogP contribution >= 0.6 is 0 Å². The van der Waals surface area contributed by atoms with Crippen LogP contribution in [0.5, 0.6) is 5.75 Å². The lowest BCUT2D eigenvalue weighted by molar-refractivity contribution is 0.0925. The Kier molecular flexibility index (Phi) is 4.29. The molecular weight excluding hydrogens is 307 g/mol. The van der Waals surface area contributed by atoms with Crippen LogP contribution in [0.4, 0.5) is 4.39 Å². The van der Waals surface area contributed by atoms with Crippen LogP contribution in [0.1, 0.15) is 17.9 Å². The van der Waals surface area contributed by atoms with Crippen LogP contribution in [0, 0.1) is 12.7 Å². The van der Waals surface area contributed by atoms with Crippen LogP contribution in [-0.4, -0.2) is 48.1 Å². The van der Waals surface area contributed by atoms with E-state index in [4.69, 9.17) is 9.15 Å². The summed E-state index contributed by atoms with van der Waals surface area (Å²) in [7, 11) is 0. The summed E-state index contributed by atoms with van der Waals surface area (Å²) in [6, 6.07) is 11.0. The Morgan fingerprint density at radius 1 is 1.21 bits per heavy atom. The molecule has 3 heterocycles. The number of benzene rings is 1. The maximum atomic E-state index is 13.3. The van der Waals surface area contributed by atoms with E-state index in [0.717, 1.165) is 50.7 Å². The molecule has 24 heavy (non-hydrogen) atoms. The lowest BCUT2D eigenvalue weighted by atomic mass is 10.1. The molecule has 0 spiro atoms. The normalized spacial score (nSPS) is 24.9. The van der Waals surface area contributed by atoms with E-state index in [9.17, 15) is 4.39 Å². The molecule has 2 fully saturated rings. The number of hydrogen-bond acceptors (Lipinski definition) is 4. The van der Waals surface area contributed by atoms with Crippen molar-refractivity contribution in [3.8, 4) is 5.75 Å². The minimum atomic E-state index is -0.247. The van der Waals surface area contributed by atoms with Crippen LogP contribution in [0.25, 0.3) is 0 Å². The first-order valence-corrected chi connectivity index (χ1v) is 8.59. The Bertz CT molecular complexity index is 702. The van der Waals surface area contributed by atoms with E-state index in [-0.39, 0.29) is 11.9 Å². The smallest absolute Gasteiger partial charge is 0.126 e. The zero-order valence-corrected chi connectivity index (χ0v) is 14.0. The summed E-state index contributed by atoms with van der Waals surface area (Å²) in [4.78, 5) is 4.94. The fourth-order valence-electron chi connectivity index (χ4n) is 3.81. The Morgan fingerprint density at radius 3 is 2.92 bits per heavy atom. The van der Waals surface area contributed by atoms with Gasteiger partial charge in [-0.15, -0.1) is 0 Å². The monoisotopic (exact) mass is 330 g/mol. The SMILES string of the molecule is Cc1ccc(CN2CCN3C[C@H](Oc4cccc(F)c4)C[C@@H]3C2)o1. The highest BCUT2D eigenvalue weighted by atomic mass is 19.1. The lowest BCUT2D eigenvalue weighted by Gasteiger charge is -2.36. The van der Waals surface area contributed by atoms with Crippen LogP contribution in [-0.2, 0) is 6.54 Å². The average molecular weight is 330 g/mol. The first-order valence-electron chi connectivity index (χ1n) is 8.59. The molecule has 4 nitrogen and oxygen atoms in total. The molecule has 0 amide bonds. The molecule has 0 radical (unpaired) electrons. The molecule has 0 N–H and O–H groups in total. The molecule has 5 heteroatoms. The van der Waals surface area contributed by atoms with Gasteiger partial charge in [0.05, 0.1) is 6.54 Å². The predicted octanol–water partition coefficient (Wildman–Crippen LogP) is 3.06. The van der Waals surface area contributed by atoms with Crippen molar-refractivity contribution < 1.29 is 13.5 Å². The molecule has 2 aliphatic heterocycles. The number of aryl methyl sites for hydroxylation is 1. The summed E-state index contributed by atoms with van der Waals surface area (Å²) in [5.74, 6) is 2.38. The van der Waals surface area contributed by atoms with Gasteiger partial charge in [0.2, 0.25) is 0 Å². The fourth-order valence-corrected chi connectivity index (χ4v) is 3.81. The van der Waals surface area contributed by atoms with Crippen molar-refractivity contribution >= 4 is 0 Å². The van der Waals surface area contributed by atoms with Crippen molar-refractivity contribution in [3.05, 3.63) is 53.7 Å². The number of nitrogens with zero attached hydrogens (tertiary/aromatic N) is 2.